The maximum atomic E-state index is 13.9. The number of fused-ring (bicyclic) bond motifs is 2. The fraction of sp³-hybridized carbons (Fsp3) is 0.444. The number of piperidine rings is 1. The largest absolute Gasteiger partial charge is 0.483 e. The van der Waals surface area contributed by atoms with Crippen molar-refractivity contribution in [3.05, 3.63) is 35.5 Å². The Morgan fingerprint density at radius 1 is 1.31 bits per heavy atom. The average molecular weight is 360 g/mol. The van der Waals surface area contributed by atoms with Crippen molar-refractivity contribution in [3.63, 3.8) is 0 Å². The third kappa shape index (κ3) is 3.44. The summed E-state index contributed by atoms with van der Waals surface area (Å²) in [5, 5.41) is 13.8. The van der Waals surface area contributed by atoms with Crippen molar-refractivity contribution in [1.29, 1.82) is 0 Å². The molecule has 1 amide bonds. The molecule has 0 aromatic carbocycles. The highest BCUT2D eigenvalue weighted by Crippen LogP contribution is 2.36. The fourth-order valence-corrected chi connectivity index (χ4v) is 3.90. The van der Waals surface area contributed by atoms with Crippen LogP contribution in [0.2, 0.25) is 0 Å². The van der Waals surface area contributed by atoms with Crippen LogP contribution in [0.25, 0.3) is 11.3 Å². The van der Waals surface area contributed by atoms with Gasteiger partial charge >= 0.3 is 0 Å². The minimum Gasteiger partial charge on any atom is -0.483 e. The number of nitrogens with zero attached hydrogens (tertiary/aromatic N) is 3. The standard InChI is InChI=1S/C17H19FN4O.CH2O2/c1-10-7-13(14(18)9-19-10)15-8-16(21-20-15)17(23)22-11-3-2-4-12(22)6-5-11;2-1-3/h7-9,11-12H,2-6H2,1H3,(H,20,21);1H,(H,2,3)/t11-,12?;/m1./s1. The van der Waals surface area contributed by atoms with Gasteiger partial charge < -0.3 is 10.0 Å². The molecule has 4 rings (SSSR count). The van der Waals surface area contributed by atoms with Gasteiger partial charge in [0.05, 0.1) is 11.9 Å². The molecular weight excluding hydrogens is 339 g/mol. The van der Waals surface area contributed by atoms with Crippen molar-refractivity contribution in [2.45, 2.75) is 51.1 Å². The zero-order chi connectivity index (χ0) is 18.7. The first-order chi connectivity index (χ1) is 12.5. The molecule has 2 aliphatic heterocycles. The van der Waals surface area contributed by atoms with Crippen LogP contribution in [0.3, 0.4) is 0 Å². The van der Waals surface area contributed by atoms with Gasteiger partial charge in [0.15, 0.2) is 5.82 Å². The molecule has 138 valence electrons. The predicted octanol–water partition coefficient (Wildman–Crippen LogP) is 2.78. The number of rotatable bonds is 2. The minimum atomic E-state index is -0.431. The second-order valence-electron chi connectivity index (χ2n) is 6.61. The van der Waals surface area contributed by atoms with Crippen LogP contribution in [0.15, 0.2) is 18.3 Å². The number of aromatic amines is 1. The molecule has 2 N–H and O–H groups in total. The Morgan fingerprint density at radius 2 is 1.96 bits per heavy atom. The lowest BCUT2D eigenvalue weighted by atomic mass is 10.0. The molecule has 0 radical (unpaired) electrons. The number of aromatic nitrogens is 3. The number of carbonyl (C=O) groups is 2. The van der Waals surface area contributed by atoms with E-state index in [1.54, 1.807) is 19.1 Å². The highest BCUT2D eigenvalue weighted by Gasteiger charge is 2.40. The van der Waals surface area contributed by atoms with E-state index >= 15 is 0 Å². The van der Waals surface area contributed by atoms with Crippen molar-refractivity contribution in [2.24, 2.45) is 0 Å². The number of halogens is 1. The normalized spacial score (nSPS) is 21.1. The van der Waals surface area contributed by atoms with Gasteiger partial charge in [0.2, 0.25) is 0 Å². The molecule has 2 aliphatic rings. The maximum absolute atomic E-state index is 13.9. The minimum absolute atomic E-state index is 0.0119. The van der Waals surface area contributed by atoms with Crippen LogP contribution >= 0.6 is 0 Å². The number of nitrogens with one attached hydrogen (secondary N) is 1. The Kier molecular flexibility index (Phi) is 5.29. The van der Waals surface area contributed by atoms with Gasteiger partial charge in [0, 0.05) is 23.3 Å². The molecule has 2 bridgehead atoms. The van der Waals surface area contributed by atoms with E-state index < -0.39 is 5.82 Å². The van der Waals surface area contributed by atoms with Crippen LogP contribution < -0.4 is 0 Å². The number of hydrogen-bond acceptors (Lipinski definition) is 4. The smallest absolute Gasteiger partial charge is 0.290 e. The molecule has 7 nitrogen and oxygen atoms in total. The molecule has 26 heavy (non-hydrogen) atoms. The average Bonchev–Trinajstić information content (AvgIpc) is 3.20. The zero-order valence-corrected chi connectivity index (χ0v) is 14.5. The number of carboxylic acid groups (broad SMARTS) is 1. The Morgan fingerprint density at radius 3 is 2.62 bits per heavy atom. The highest BCUT2D eigenvalue weighted by molar-refractivity contribution is 5.94. The molecule has 0 aliphatic carbocycles. The molecule has 0 spiro atoms. The lowest BCUT2D eigenvalue weighted by Gasteiger charge is -2.34. The summed E-state index contributed by atoms with van der Waals surface area (Å²) >= 11 is 0. The Bertz CT molecular complexity index is 791. The van der Waals surface area contributed by atoms with Crippen LogP contribution in [0.5, 0.6) is 0 Å². The highest BCUT2D eigenvalue weighted by atomic mass is 19.1. The third-order valence-corrected chi connectivity index (χ3v) is 5.01. The zero-order valence-electron chi connectivity index (χ0n) is 14.5. The van der Waals surface area contributed by atoms with Crippen molar-refractivity contribution >= 4 is 12.4 Å². The van der Waals surface area contributed by atoms with Crippen LogP contribution in [-0.2, 0) is 4.79 Å². The fourth-order valence-electron chi connectivity index (χ4n) is 3.90. The number of pyridine rings is 1. The summed E-state index contributed by atoms with van der Waals surface area (Å²) in [7, 11) is 0. The van der Waals surface area contributed by atoms with E-state index in [1.165, 1.54) is 12.6 Å². The maximum Gasteiger partial charge on any atom is 0.290 e. The summed E-state index contributed by atoms with van der Waals surface area (Å²) in [4.78, 5) is 27.1. The molecule has 2 atom stereocenters. The predicted molar refractivity (Wildman–Crippen MR) is 92.0 cm³/mol. The Hall–Kier alpha value is -2.77. The number of carbonyl (C=O) groups excluding carboxylic acids is 1. The van der Waals surface area contributed by atoms with E-state index in [4.69, 9.17) is 9.90 Å². The van der Waals surface area contributed by atoms with Gasteiger partial charge in [-0.15, -0.1) is 0 Å². The first kappa shape index (κ1) is 18.0. The molecule has 2 aromatic heterocycles. The van der Waals surface area contributed by atoms with Crippen molar-refractivity contribution in [2.75, 3.05) is 0 Å². The van der Waals surface area contributed by atoms with Gasteiger partial charge in [-0.2, -0.15) is 5.10 Å². The van der Waals surface area contributed by atoms with Crippen LogP contribution in [-0.4, -0.2) is 49.7 Å². The first-order valence-electron chi connectivity index (χ1n) is 8.63. The van der Waals surface area contributed by atoms with Crippen LogP contribution in [0.4, 0.5) is 4.39 Å². The van der Waals surface area contributed by atoms with Gasteiger partial charge in [0.1, 0.15) is 5.69 Å². The molecular formula is C18H21FN4O3. The van der Waals surface area contributed by atoms with Gasteiger partial charge in [-0.25, -0.2) is 4.39 Å². The van der Waals surface area contributed by atoms with Gasteiger partial charge in [0.25, 0.3) is 12.4 Å². The SMILES string of the molecule is Cc1cc(-c2cc(C(=O)N3C4CCC[C@@H]3CC4)[nH]n2)c(F)cn1.O=CO. The number of amides is 1. The van der Waals surface area contributed by atoms with E-state index in [-0.39, 0.29) is 12.4 Å². The van der Waals surface area contributed by atoms with Crippen LogP contribution in [0, 0.1) is 12.7 Å². The van der Waals surface area contributed by atoms with Gasteiger partial charge in [-0.05, 0) is 51.2 Å². The Labute approximate surface area is 150 Å². The number of H-pyrrole nitrogens is 1. The van der Waals surface area contributed by atoms with E-state index in [0.717, 1.165) is 25.7 Å². The monoisotopic (exact) mass is 360 g/mol. The molecule has 2 fully saturated rings. The lowest BCUT2D eigenvalue weighted by Crippen LogP contribution is -2.44. The molecule has 8 heteroatoms. The van der Waals surface area contributed by atoms with E-state index in [9.17, 15) is 9.18 Å². The molecule has 4 heterocycles. The summed E-state index contributed by atoms with van der Waals surface area (Å²) in [6.45, 7) is 1.55. The second kappa shape index (κ2) is 7.63. The molecule has 0 saturated carbocycles. The summed E-state index contributed by atoms with van der Waals surface area (Å²) in [5.41, 5.74) is 1.97. The number of aryl methyl sites for hydroxylation is 1. The van der Waals surface area contributed by atoms with Gasteiger partial charge in [-0.1, -0.05) is 0 Å². The summed E-state index contributed by atoms with van der Waals surface area (Å²) < 4.78 is 13.9. The van der Waals surface area contributed by atoms with Crippen molar-refractivity contribution in [1.82, 2.24) is 20.1 Å². The summed E-state index contributed by atoms with van der Waals surface area (Å²) in [6.07, 6.45) is 6.74. The van der Waals surface area contributed by atoms with E-state index in [2.05, 4.69) is 15.2 Å². The topological polar surface area (TPSA) is 99.2 Å². The third-order valence-electron chi connectivity index (χ3n) is 5.01. The summed E-state index contributed by atoms with van der Waals surface area (Å²) in [5.74, 6) is -0.443. The first-order valence-corrected chi connectivity index (χ1v) is 8.63. The molecule has 1 unspecified atom stereocenters. The molecule has 2 aromatic rings. The quantitative estimate of drug-likeness (QED) is 0.802. The van der Waals surface area contributed by atoms with Crippen LogP contribution in [0.1, 0.15) is 48.3 Å². The number of hydrogen-bond donors (Lipinski definition) is 2. The van der Waals surface area contributed by atoms with E-state index in [0.29, 0.717) is 34.7 Å². The second-order valence-corrected chi connectivity index (χ2v) is 6.61. The van der Waals surface area contributed by atoms with Crippen molar-refractivity contribution < 1.29 is 19.1 Å². The van der Waals surface area contributed by atoms with Gasteiger partial charge in [-0.3, -0.25) is 19.7 Å². The Balaban J connectivity index is 0.000000613. The lowest BCUT2D eigenvalue weighted by molar-refractivity contribution is -0.122. The molecule has 2 saturated heterocycles. The summed E-state index contributed by atoms with van der Waals surface area (Å²) in [6, 6.07) is 4.00. The van der Waals surface area contributed by atoms with E-state index in [1.807, 2.05) is 4.90 Å². The van der Waals surface area contributed by atoms with Crippen molar-refractivity contribution in [3.8, 4) is 11.3 Å².